The lowest BCUT2D eigenvalue weighted by molar-refractivity contribution is -0.272. The number of allylic oxidation sites excluding steroid dienone is 2. The number of methoxy groups -OCH3 is 1. The summed E-state index contributed by atoms with van der Waals surface area (Å²) in [5.74, 6) is 3.93. The van der Waals surface area contributed by atoms with Crippen LogP contribution in [-0.4, -0.2) is 47.7 Å². The molecule has 1 spiro atoms. The number of aliphatic hydroxyl groups is 1. The van der Waals surface area contributed by atoms with Gasteiger partial charge in [-0.25, -0.2) is 0 Å². The van der Waals surface area contributed by atoms with E-state index in [9.17, 15) is 15.0 Å². The summed E-state index contributed by atoms with van der Waals surface area (Å²) in [6.45, 7) is 10.7. The number of phenolic OH excluding ortho intramolecular Hbond substituents is 1. The van der Waals surface area contributed by atoms with E-state index < -0.39 is 0 Å². The third-order valence-electron chi connectivity index (χ3n) is 13.7. The quantitative estimate of drug-likeness (QED) is 0.259. The van der Waals surface area contributed by atoms with E-state index in [4.69, 9.17) is 14.2 Å². The van der Waals surface area contributed by atoms with Gasteiger partial charge in [-0.3, -0.25) is 4.79 Å². The Morgan fingerprint density at radius 1 is 0.979 bits per heavy atom. The molecule has 6 heteroatoms. The highest BCUT2D eigenvalue weighted by atomic mass is 16.7. The number of rotatable bonds is 3. The van der Waals surface area contributed by atoms with Gasteiger partial charge in [0.15, 0.2) is 11.6 Å². The third-order valence-corrected chi connectivity index (χ3v) is 13.7. The fourth-order valence-corrected chi connectivity index (χ4v) is 11.1. The standard InChI is InChI=1S/C27H42O3.C14H12O3/c1-16-7-12-27(29-15-16)17(2)24-23(30-27)14-22-20-6-5-18-13-19(28)8-10-25(18,3)21(20)9-11-26(22,24)4;1-17-11-7-8-12(13(15)9-11)14(16)10-5-3-2-4-6-10/h9,16-20,22-24,28H,5-8,10-15H2,1-4H3;2-9,15H,1H3. The number of ketones is 1. The highest BCUT2D eigenvalue weighted by Gasteiger charge is 2.67. The number of hydrogen-bond donors (Lipinski definition) is 2. The van der Waals surface area contributed by atoms with Crippen LogP contribution in [0.4, 0.5) is 0 Å². The molecule has 2 aromatic rings. The number of carbonyl (C=O) groups is 1. The predicted molar refractivity (Wildman–Crippen MR) is 182 cm³/mol. The van der Waals surface area contributed by atoms with Crippen LogP contribution in [0, 0.1) is 46.3 Å². The molecule has 5 fully saturated rings. The van der Waals surface area contributed by atoms with Crippen molar-refractivity contribution in [1.82, 2.24) is 0 Å². The molecular weight excluding hydrogens is 588 g/mol. The average molecular weight is 643 g/mol. The van der Waals surface area contributed by atoms with Crippen molar-refractivity contribution in [3.8, 4) is 11.5 Å². The molecule has 0 radical (unpaired) electrons. The van der Waals surface area contributed by atoms with Crippen LogP contribution < -0.4 is 4.74 Å². The van der Waals surface area contributed by atoms with Gasteiger partial charge in [0, 0.05) is 24.0 Å². The molecule has 3 saturated carbocycles. The van der Waals surface area contributed by atoms with Gasteiger partial charge in [0.25, 0.3) is 0 Å². The fraction of sp³-hybridized carbons (Fsp3) is 0.634. The molecular formula is C41H54O6. The van der Waals surface area contributed by atoms with E-state index in [1.54, 1.807) is 42.0 Å². The lowest BCUT2D eigenvalue weighted by Gasteiger charge is -2.57. The van der Waals surface area contributed by atoms with E-state index in [2.05, 4.69) is 33.8 Å². The van der Waals surface area contributed by atoms with Crippen molar-refractivity contribution < 1.29 is 29.2 Å². The van der Waals surface area contributed by atoms with Gasteiger partial charge in [0.05, 0.1) is 31.5 Å². The molecule has 11 atom stereocenters. The molecule has 11 unspecified atom stereocenters. The molecule has 2 heterocycles. The van der Waals surface area contributed by atoms with Gasteiger partial charge in [-0.2, -0.15) is 0 Å². The first-order valence-corrected chi connectivity index (χ1v) is 18.2. The van der Waals surface area contributed by atoms with Crippen molar-refractivity contribution >= 4 is 5.78 Å². The number of phenols is 1. The first-order valence-electron chi connectivity index (χ1n) is 18.2. The number of fused-ring (bicyclic) bond motifs is 7. The summed E-state index contributed by atoms with van der Waals surface area (Å²) in [5, 5.41) is 20.0. The number of aliphatic hydroxyl groups excluding tert-OH is 1. The van der Waals surface area contributed by atoms with Gasteiger partial charge < -0.3 is 24.4 Å². The monoisotopic (exact) mass is 642 g/mol. The summed E-state index contributed by atoms with van der Waals surface area (Å²) in [6, 6.07) is 13.5. The van der Waals surface area contributed by atoms with Crippen LogP contribution in [0.3, 0.4) is 0 Å². The maximum atomic E-state index is 12.1. The SMILES string of the molecule is CC1CCC2(OC1)OC1CC3C4CCC5CC(O)CCC5(C)C4=CCC3(C)C1C2C.COc1ccc(C(=O)c2ccccc2)c(O)c1. The Bertz CT molecular complexity index is 1490. The lowest BCUT2D eigenvalue weighted by Crippen LogP contribution is -2.50. The molecule has 6 aliphatic rings. The molecule has 0 bridgehead atoms. The van der Waals surface area contributed by atoms with Crippen LogP contribution in [0.2, 0.25) is 0 Å². The summed E-state index contributed by atoms with van der Waals surface area (Å²) in [4.78, 5) is 12.1. The van der Waals surface area contributed by atoms with E-state index in [-0.39, 0.29) is 29.0 Å². The minimum Gasteiger partial charge on any atom is -0.507 e. The van der Waals surface area contributed by atoms with Crippen LogP contribution in [0.1, 0.15) is 101 Å². The highest BCUT2D eigenvalue weighted by molar-refractivity contribution is 6.10. The van der Waals surface area contributed by atoms with Crippen molar-refractivity contribution in [1.29, 1.82) is 0 Å². The van der Waals surface area contributed by atoms with Crippen molar-refractivity contribution in [2.75, 3.05) is 13.7 Å². The Hall–Kier alpha value is -2.67. The Morgan fingerprint density at radius 2 is 1.77 bits per heavy atom. The van der Waals surface area contributed by atoms with E-state index in [0.717, 1.165) is 37.7 Å². The zero-order valence-electron chi connectivity index (χ0n) is 28.9. The lowest BCUT2D eigenvalue weighted by atomic mass is 9.48. The molecule has 2 aromatic carbocycles. The minimum absolute atomic E-state index is 0.0661. The third kappa shape index (κ3) is 5.47. The molecule has 8 rings (SSSR count). The van der Waals surface area contributed by atoms with Gasteiger partial charge in [-0.05, 0) is 104 Å². The molecule has 2 aliphatic heterocycles. The summed E-state index contributed by atoms with van der Waals surface area (Å²) in [7, 11) is 1.51. The van der Waals surface area contributed by atoms with Crippen LogP contribution in [0.5, 0.6) is 11.5 Å². The van der Waals surface area contributed by atoms with Crippen molar-refractivity contribution in [3.05, 3.63) is 71.3 Å². The van der Waals surface area contributed by atoms with Gasteiger partial charge in [0.2, 0.25) is 0 Å². The van der Waals surface area contributed by atoms with Gasteiger partial charge in [-0.1, -0.05) is 69.7 Å². The number of ether oxygens (including phenoxy) is 3. The van der Waals surface area contributed by atoms with E-state index in [1.807, 2.05) is 6.07 Å². The largest absolute Gasteiger partial charge is 0.507 e. The maximum absolute atomic E-state index is 12.1. The molecule has 4 aliphatic carbocycles. The Balaban J connectivity index is 0.000000176. The second-order valence-corrected chi connectivity index (χ2v) is 16.3. The smallest absolute Gasteiger partial charge is 0.196 e. The zero-order valence-corrected chi connectivity index (χ0v) is 28.9. The van der Waals surface area contributed by atoms with Crippen molar-refractivity contribution in [3.63, 3.8) is 0 Å². The van der Waals surface area contributed by atoms with Crippen LogP contribution in [-0.2, 0) is 9.47 Å². The van der Waals surface area contributed by atoms with E-state index in [1.165, 1.54) is 51.7 Å². The Labute approximate surface area is 280 Å². The van der Waals surface area contributed by atoms with Crippen LogP contribution in [0.25, 0.3) is 0 Å². The summed E-state index contributed by atoms with van der Waals surface area (Å²) < 4.78 is 18.3. The van der Waals surface area contributed by atoms with Gasteiger partial charge >= 0.3 is 0 Å². The first kappa shape index (κ1) is 32.9. The molecule has 254 valence electrons. The second kappa shape index (κ2) is 12.3. The number of aromatic hydroxyl groups is 1. The molecule has 0 amide bonds. The maximum Gasteiger partial charge on any atom is 0.196 e. The van der Waals surface area contributed by atoms with Gasteiger partial charge in [-0.15, -0.1) is 0 Å². The van der Waals surface area contributed by atoms with Crippen molar-refractivity contribution in [2.24, 2.45) is 46.3 Å². The fourth-order valence-electron chi connectivity index (χ4n) is 11.1. The summed E-state index contributed by atoms with van der Waals surface area (Å²) >= 11 is 0. The summed E-state index contributed by atoms with van der Waals surface area (Å²) in [6.07, 6.45) is 13.6. The second-order valence-electron chi connectivity index (χ2n) is 16.3. The first-order chi connectivity index (χ1) is 22.5. The van der Waals surface area contributed by atoms with Crippen molar-refractivity contribution in [2.45, 2.75) is 103 Å². The molecule has 0 aromatic heterocycles. The van der Waals surface area contributed by atoms with Crippen LogP contribution in [0.15, 0.2) is 60.2 Å². The molecule has 47 heavy (non-hydrogen) atoms. The number of benzene rings is 2. The van der Waals surface area contributed by atoms with E-state index in [0.29, 0.717) is 51.9 Å². The minimum atomic E-state index is -0.303. The normalized spacial score (nSPS) is 41.8. The predicted octanol–water partition coefficient (Wildman–Crippen LogP) is 8.35. The topological polar surface area (TPSA) is 85.2 Å². The average Bonchev–Trinajstić information content (AvgIpc) is 3.52. The molecule has 2 N–H and O–H groups in total. The molecule has 6 nitrogen and oxygen atoms in total. The van der Waals surface area contributed by atoms with E-state index >= 15 is 0 Å². The Kier molecular flexibility index (Phi) is 8.62. The number of hydrogen-bond acceptors (Lipinski definition) is 6. The highest BCUT2D eigenvalue weighted by Crippen LogP contribution is 2.69. The Morgan fingerprint density at radius 3 is 2.47 bits per heavy atom. The zero-order chi connectivity index (χ0) is 33.1. The van der Waals surface area contributed by atoms with Crippen LogP contribution >= 0.6 is 0 Å². The van der Waals surface area contributed by atoms with Gasteiger partial charge in [0.1, 0.15) is 11.5 Å². The summed E-state index contributed by atoms with van der Waals surface area (Å²) in [5.41, 5.74) is 3.28. The number of carbonyl (C=O) groups excluding carboxylic acids is 1. The molecule has 2 saturated heterocycles.